The van der Waals surface area contributed by atoms with Crippen molar-refractivity contribution in [3.8, 4) is 0 Å². The summed E-state index contributed by atoms with van der Waals surface area (Å²) in [5.74, 6) is -0.369. The SMILES string of the molecule is Cc1cn(Cc2cccc(NC(=O)[C@H]3CN(C(=O)OC4CCCCC4)CCN3C3c4ccc(Cl)cc4CCc4cccnc43)c2)cn1.Cc1cn(Cc2cccc(NC(=O)[C@H]3CN(C(=O)OC4CCCCC4)CCN3[C@@H]3c4ccc(Cl)cc4CCc4cccnc43)c2)cn1.Cc1cn(Cc2cccc(NC(=O)[C@H]3CNCCN3C3c4ccc(Cl)cc4CCc4cccnc43)c2)cn1. The molecule has 3 aliphatic heterocycles. The molecule has 20 rings (SSSR count). The summed E-state index contributed by atoms with van der Waals surface area (Å²) >= 11 is 19.4. The number of nitrogens with one attached hydrogen (secondary N) is 4. The van der Waals surface area contributed by atoms with Gasteiger partial charge in [0.2, 0.25) is 17.7 Å². The average molecular weight is 1830 g/mol. The zero-order chi connectivity index (χ0) is 90.7. The molecule has 25 nitrogen and oxygen atoms in total. The number of nitrogens with zero attached hydrogens (tertiary/aromatic N) is 14. The summed E-state index contributed by atoms with van der Waals surface area (Å²) < 4.78 is 18.1. The molecule has 0 bridgehead atoms. The lowest BCUT2D eigenvalue weighted by atomic mass is 9.94. The number of hydrogen-bond acceptors (Lipinski definition) is 17. The van der Waals surface area contributed by atoms with Crippen LogP contribution in [0.25, 0.3) is 0 Å². The number of pyridine rings is 3. The summed E-state index contributed by atoms with van der Waals surface area (Å²) in [6.07, 6.45) is 31.6. The first-order valence-electron chi connectivity index (χ1n) is 46.6. The summed E-state index contributed by atoms with van der Waals surface area (Å²) in [5, 5.41) is 15.2. The second-order valence-corrected chi connectivity index (χ2v) is 37.5. The maximum atomic E-state index is 14.4. The van der Waals surface area contributed by atoms with Gasteiger partial charge in [-0.1, -0.05) is 120 Å². The smallest absolute Gasteiger partial charge is 0.410 e. The summed E-state index contributed by atoms with van der Waals surface area (Å²) in [6.45, 7) is 12.3. The molecule has 0 spiro atoms. The first-order valence-corrected chi connectivity index (χ1v) is 47.7. The average Bonchev–Trinajstić information content (AvgIpc) is 1.31. The number of imidazole rings is 3. The summed E-state index contributed by atoms with van der Waals surface area (Å²) in [5.41, 5.74) is 21.7. The van der Waals surface area contributed by atoms with E-state index in [0.717, 1.165) is 198 Å². The second kappa shape index (κ2) is 41.9. The molecular weight excluding hydrogens is 1720 g/mol. The van der Waals surface area contributed by atoms with Crippen molar-refractivity contribution < 1.29 is 33.4 Å². The Morgan fingerprint density at radius 1 is 0.379 bits per heavy atom. The summed E-state index contributed by atoms with van der Waals surface area (Å²) in [4.78, 5) is 107. The van der Waals surface area contributed by atoms with E-state index in [9.17, 15) is 24.0 Å². The van der Waals surface area contributed by atoms with E-state index in [0.29, 0.717) is 73.8 Å². The number of aromatic nitrogens is 9. The van der Waals surface area contributed by atoms with E-state index < -0.39 is 12.1 Å². The van der Waals surface area contributed by atoms with Gasteiger partial charge in [-0.25, -0.2) is 24.5 Å². The minimum absolute atomic E-state index is 0.0231. The molecule has 6 atom stereocenters. The molecule has 6 aromatic carbocycles. The highest BCUT2D eigenvalue weighted by Crippen LogP contribution is 2.44. The van der Waals surface area contributed by atoms with Crippen LogP contribution >= 0.6 is 34.8 Å². The number of benzene rings is 6. The fourth-order valence-electron chi connectivity index (χ4n) is 20.5. The third-order valence-corrected chi connectivity index (χ3v) is 27.6. The first kappa shape index (κ1) is 90.6. The predicted octanol–water partition coefficient (Wildman–Crippen LogP) is 17.5. The summed E-state index contributed by atoms with van der Waals surface area (Å²) in [6, 6.07) is 52.0. The van der Waals surface area contributed by atoms with Crippen LogP contribution < -0.4 is 21.3 Å². The van der Waals surface area contributed by atoms with Crippen LogP contribution in [0.5, 0.6) is 0 Å². The molecule has 682 valence electrons. The molecule has 8 aliphatic rings. The molecule has 4 N–H and O–H groups in total. The van der Waals surface area contributed by atoms with Crippen molar-refractivity contribution in [2.45, 2.75) is 192 Å². The Labute approximate surface area is 786 Å². The van der Waals surface area contributed by atoms with Crippen LogP contribution in [0.4, 0.5) is 26.7 Å². The number of amides is 5. The van der Waals surface area contributed by atoms with Gasteiger partial charge in [-0.3, -0.25) is 44.0 Å². The molecule has 2 saturated carbocycles. The molecular formula is C104H113Cl3N18O7. The molecule has 6 aromatic heterocycles. The molecule has 5 aliphatic carbocycles. The molecule has 0 radical (unpaired) electrons. The lowest BCUT2D eigenvalue weighted by Crippen LogP contribution is -2.60. The van der Waals surface area contributed by atoms with Gasteiger partial charge in [0.15, 0.2) is 0 Å². The van der Waals surface area contributed by atoms with Crippen LogP contribution in [0.1, 0.15) is 183 Å². The van der Waals surface area contributed by atoms with Gasteiger partial charge in [0.1, 0.15) is 30.3 Å². The van der Waals surface area contributed by atoms with Crippen LogP contribution in [0.3, 0.4) is 0 Å². The highest BCUT2D eigenvalue weighted by Gasteiger charge is 2.46. The number of carbonyl (C=O) groups is 5. The maximum absolute atomic E-state index is 14.4. The number of rotatable bonds is 17. The zero-order valence-corrected chi connectivity index (χ0v) is 77.2. The van der Waals surface area contributed by atoms with Crippen molar-refractivity contribution in [2.24, 2.45) is 0 Å². The monoisotopic (exact) mass is 1830 g/mol. The van der Waals surface area contributed by atoms with Crippen LogP contribution in [0, 0.1) is 20.8 Å². The van der Waals surface area contributed by atoms with Gasteiger partial charge in [0.05, 0.1) is 71.3 Å². The van der Waals surface area contributed by atoms with Gasteiger partial charge in [-0.05, 0) is 268 Å². The van der Waals surface area contributed by atoms with Crippen molar-refractivity contribution >= 4 is 81.8 Å². The van der Waals surface area contributed by atoms with E-state index in [1.165, 1.54) is 29.5 Å². The zero-order valence-electron chi connectivity index (χ0n) is 75.0. The predicted molar refractivity (Wildman–Crippen MR) is 512 cm³/mol. The van der Waals surface area contributed by atoms with Gasteiger partial charge in [0.25, 0.3) is 0 Å². The molecule has 132 heavy (non-hydrogen) atoms. The minimum atomic E-state index is -0.649. The van der Waals surface area contributed by atoms with Crippen molar-refractivity contribution in [1.82, 2.24) is 73.4 Å². The largest absolute Gasteiger partial charge is 0.446 e. The van der Waals surface area contributed by atoms with Crippen molar-refractivity contribution in [1.29, 1.82) is 0 Å². The van der Waals surface area contributed by atoms with Gasteiger partial charge in [-0.15, -0.1) is 0 Å². The molecule has 2 unspecified atom stereocenters. The fourth-order valence-corrected chi connectivity index (χ4v) is 21.0. The second-order valence-electron chi connectivity index (χ2n) is 36.2. The number of hydrogen-bond donors (Lipinski definition) is 4. The van der Waals surface area contributed by atoms with Crippen molar-refractivity contribution in [2.75, 3.05) is 74.9 Å². The van der Waals surface area contributed by atoms with Crippen molar-refractivity contribution in [3.05, 3.63) is 336 Å². The van der Waals surface area contributed by atoms with E-state index >= 15 is 0 Å². The molecule has 9 heterocycles. The third-order valence-electron chi connectivity index (χ3n) is 26.9. The Hall–Kier alpha value is -11.9. The van der Waals surface area contributed by atoms with Crippen LogP contribution in [-0.4, -0.2) is 187 Å². The minimum Gasteiger partial charge on any atom is -0.446 e. The third kappa shape index (κ3) is 21.7. The van der Waals surface area contributed by atoms with Crippen molar-refractivity contribution in [3.63, 3.8) is 0 Å². The lowest BCUT2D eigenvalue weighted by molar-refractivity contribution is -0.125. The quantitative estimate of drug-likeness (QED) is 0.0660. The van der Waals surface area contributed by atoms with E-state index in [1.807, 2.05) is 206 Å². The number of halogens is 3. The van der Waals surface area contributed by atoms with Gasteiger partial charge in [-0.2, -0.15) is 0 Å². The highest BCUT2D eigenvalue weighted by molar-refractivity contribution is 6.31. The Kier molecular flexibility index (Phi) is 28.7. The number of fused-ring (bicyclic) bond motifs is 6. The van der Waals surface area contributed by atoms with E-state index in [-0.39, 0.29) is 79.4 Å². The molecule has 12 aromatic rings. The van der Waals surface area contributed by atoms with E-state index in [2.05, 4.69) is 99.4 Å². The van der Waals surface area contributed by atoms with Gasteiger partial charge in [0, 0.05) is 148 Å². The Morgan fingerprint density at radius 2 is 0.720 bits per heavy atom. The van der Waals surface area contributed by atoms with E-state index in [4.69, 9.17) is 59.2 Å². The Bertz CT molecular complexity index is 5870. The maximum Gasteiger partial charge on any atom is 0.410 e. The fraction of sp³-hybridized carbons (Fsp3) is 0.375. The molecule has 28 heteroatoms. The number of piperazine rings is 3. The lowest BCUT2D eigenvalue weighted by Gasteiger charge is -2.44. The number of ether oxygens (including phenoxy) is 2. The molecule has 5 amide bonds. The molecule has 5 fully saturated rings. The number of anilines is 3. The Morgan fingerprint density at radius 3 is 1.07 bits per heavy atom. The Balaban J connectivity index is 0.000000134. The van der Waals surface area contributed by atoms with Gasteiger partial charge >= 0.3 is 12.2 Å². The van der Waals surface area contributed by atoms with Crippen LogP contribution in [-0.2, 0) is 82.0 Å². The number of aryl methyl sites for hydroxylation is 9. The van der Waals surface area contributed by atoms with Crippen LogP contribution in [0.2, 0.25) is 15.1 Å². The van der Waals surface area contributed by atoms with Gasteiger partial charge < -0.3 is 54.2 Å². The van der Waals surface area contributed by atoms with Crippen LogP contribution in [0.15, 0.2) is 220 Å². The highest BCUT2D eigenvalue weighted by atomic mass is 35.5. The molecule has 3 saturated heterocycles. The standard InChI is InChI=1S/2C37H41ClN6O3.C30H31ClN6O/c2*1-25-21-42(24-40-25)22-26-7-5-9-30(19-26)41-36(45)33-23-43(37(46)47-31-10-3-2-4-11-31)17-18-44(33)35-32-15-14-29(38)20-28(32)13-12-27-8-6-16-39-34(27)35;1-20-17-36(19-34-20)18-21-4-2-6-25(14-21)35-30(38)27-16-32-12-13-37(27)29-26-10-9-24(31)15-23(26)8-7-22-5-3-11-33-28(22)29/h2*5-9,14-16,19-21,24,31,33,35H,2-4,10-13,17-18,22-23H2,1H3,(H,41,45);2-6,9-11,14-15,17,19,27,29,32H,7-8,12-13,16,18H2,1H3,(H,35,38)/t33-,35?;33-,35-;27-,29?/m111/s1. The topological polar surface area (TPSA) is 260 Å². The van der Waals surface area contributed by atoms with E-state index in [1.54, 1.807) is 9.80 Å². The summed E-state index contributed by atoms with van der Waals surface area (Å²) in [7, 11) is 0. The first-order chi connectivity index (χ1) is 64.4. The number of carbonyl (C=O) groups excluding carboxylic acids is 5. The normalized spacial score (nSPS) is 19.9.